The fourth-order valence-electron chi connectivity index (χ4n) is 6.38. The summed E-state index contributed by atoms with van der Waals surface area (Å²) < 4.78 is 5.93. The smallest absolute Gasteiger partial charge is 0.322 e. The molecule has 1 unspecified atom stereocenters. The lowest BCUT2D eigenvalue weighted by Gasteiger charge is -2.14. The zero-order valence-corrected chi connectivity index (χ0v) is 34.6. The Morgan fingerprint density at radius 1 is 0.509 bits per heavy atom. The van der Waals surface area contributed by atoms with Crippen LogP contribution >= 0.6 is 0 Å². The first kappa shape index (κ1) is 50.4. The summed E-state index contributed by atoms with van der Waals surface area (Å²) in [6, 6.07) is 0. The number of hydrogen-bond donors (Lipinski definition) is 2. The van der Waals surface area contributed by atoms with Crippen LogP contribution in [0.1, 0.15) is 219 Å². The minimum atomic E-state index is -1.02. The van der Waals surface area contributed by atoms with Crippen LogP contribution in [0, 0.1) is 0 Å². The first-order chi connectivity index (χ1) is 26.0. The van der Waals surface area contributed by atoms with Crippen LogP contribution in [-0.2, 0) is 19.1 Å². The van der Waals surface area contributed by atoms with Crippen LogP contribution in [0.3, 0.4) is 0 Å². The van der Waals surface area contributed by atoms with E-state index in [1.807, 2.05) is 0 Å². The number of carbonyl (C=O) groups is 3. The first-order valence-corrected chi connectivity index (χ1v) is 22.3. The highest BCUT2D eigenvalue weighted by atomic mass is 16.5. The molecule has 0 fully saturated rings. The molecule has 0 bridgehead atoms. The van der Waals surface area contributed by atoms with Gasteiger partial charge in [0.15, 0.2) is 0 Å². The number of unbranched alkanes of at least 4 members (excludes halogenated alkanes) is 23. The van der Waals surface area contributed by atoms with Crippen LogP contribution in [0.15, 0.2) is 48.6 Å². The Kier molecular flexibility index (Phi) is 40.0. The Morgan fingerprint density at radius 3 is 1.43 bits per heavy atom. The summed E-state index contributed by atoms with van der Waals surface area (Å²) in [4.78, 5) is 34.9. The zero-order chi connectivity index (χ0) is 38.7. The maximum Gasteiger partial charge on any atom is 0.322 e. The number of carboxylic acid groups (broad SMARTS) is 1. The molecule has 0 spiro atoms. The summed E-state index contributed by atoms with van der Waals surface area (Å²) in [5, 5.41) is 11.1. The highest BCUT2D eigenvalue weighted by Gasteiger charge is 2.11. The minimum Gasteiger partial charge on any atom is -0.480 e. The molecular weight excluding hydrogens is 659 g/mol. The molecule has 2 N–H and O–H groups in total. The summed E-state index contributed by atoms with van der Waals surface area (Å²) in [5.74, 6) is -1.29. The van der Waals surface area contributed by atoms with Gasteiger partial charge in [0.05, 0.1) is 0 Å². The van der Waals surface area contributed by atoms with Gasteiger partial charge in [-0.05, 0) is 83.1 Å². The van der Waals surface area contributed by atoms with E-state index < -0.39 is 5.97 Å². The lowest BCUT2D eigenvalue weighted by molar-refractivity contribution is -0.147. The molecule has 0 aromatic carbocycles. The molecule has 6 heteroatoms. The van der Waals surface area contributed by atoms with E-state index in [2.05, 4.69) is 67.8 Å². The number of amides is 1. The van der Waals surface area contributed by atoms with Gasteiger partial charge >= 0.3 is 11.9 Å². The summed E-state index contributed by atoms with van der Waals surface area (Å²) >= 11 is 0. The second kappa shape index (κ2) is 42.1. The van der Waals surface area contributed by atoms with E-state index in [9.17, 15) is 14.4 Å². The normalized spacial score (nSPS) is 12.5. The molecule has 0 heterocycles. The fraction of sp³-hybridized carbons (Fsp3) is 0.766. The third kappa shape index (κ3) is 42.0. The number of aliphatic carboxylic acids is 1. The molecule has 0 saturated heterocycles. The average molecular weight is 742 g/mol. The molecule has 0 rings (SSSR count). The largest absolute Gasteiger partial charge is 0.480 e. The summed E-state index contributed by atoms with van der Waals surface area (Å²) in [5.41, 5.74) is 0. The second-order valence-corrected chi connectivity index (χ2v) is 14.9. The maximum absolute atomic E-state index is 12.7. The van der Waals surface area contributed by atoms with Crippen molar-refractivity contribution >= 4 is 17.8 Å². The van der Waals surface area contributed by atoms with Crippen LogP contribution in [0.25, 0.3) is 0 Å². The number of nitrogens with one attached hydrogen (secondary N) is 1. The molecule has 53 heavy (non-hydrogen) atoms. The number of carbonyl (C=O) groups excluding carboxylic acids is 2. The number of esters is 1. The van der Waals surface area contributed by atoms with E-state index >= 15 is 0 Å². The van der Waals surface area contributed by atoms with Gasteiger partial charge < -0.3 is 15.2 Å². The predicted octanol–water partition coefficient (Wildman–Crippen LogP) is 13.8. The number of hydrogen-bond acceptors (Lipinski definition) is 4. The molecule has 0 radical (unpaired) electrons. The molecule has 306 valence electrons. The van der Waals surface area contributed by atoms with Gasteiger partial charge in [-0.1, -0.05) is 172 Å². The fourth-order valence-corrected chi connectivity index (χ4v) is 6.38. The molecule has 0 aromatic rings. The highest BCUT2D eigenvalue weighted by Crippen LogP contribution is 2.16. The highest BCUT2D eigenvalue weighted by molar-refractivity contribution is 5.80. The number of ether oxygens (including phenoxy) is 1. The van der Waals surface area contributed by atoms with Gasteiger partial charge in [-0.3, -0.25) is 14.4 Å². The van der Waals surface area contributed by atoms with E-state index in [1.54, 1.807) is 0 Å². The quantitative estimate of drug-likeness (QED) is 0.0370. The third-order valence-electron chi connectivity index (χ3n) is 9.71. The van der Waals surface area contributed by atoms with Gasteiger partial charge in [-0.15, -0.1) is 0 Å². The Bertz CT molecular complexity index is 953. The van der Waals surface area contributed by atoms with Crippen molar-refractivity contribution < 1.29 is 24.2 Å². The molecule has 6 nitrogen and oxygen atoms in total. The Labute approximate surface area is 327 Å². The maximum atomic E-state index is 12.7. The topological polar surface area (TPSA) is 92.7 Å². The van der Waals surface area contributed by atoms with Gasteiger partial charge in [-0.2, -0.15) is 0 Å². The molecule has 0 aliphatic heterocycles. The number of carboxylic acids is 1. The third-order valence-corrected chi connectivity index (χ3v) is 9.71. The van der Waals surface area contributed by atoms with Crippen molar-refractivity contribution in [3.63, 3.8) is 0 Å². The monoisotopic (exact) mass is 742 g/mol. The minimum absolute atomic E-state index is 0.0739. The van der Waals surface area contributed by atoms with Crippen LogP contribution in [0.4, 0.5) is 0 Å². The first-order valence-electron chi connectivity index (χ1n) is 22.3. The van der Waals surface area contributed by atoms with E-state index in [4.69, 9.17) is 9.84 Å². The van der Waals surface area contributed by atoms with Gasteiger partial charge in [0.2, 0.25) is 5.91 Å². The molecule has 0 saturated carbocycles. The Morgan fingerprint density at radius 2 is 0.925 bits per heavy atom. The number of rotatable bonds is 40. The van der Waals surface area contributed by atoms with Crippen molar-refractivity contribution in [3.05, 3.63) is 48.6 Å². The van der Waals surface area contributed by atoms with Crippen LogP contribution < -0.4 is 5.32 Å². The molecule has 0 aliphatic carbocycles. The molecule has 1 amide bonds. The van der Waals surface area contributed by atoms with Crippen molar-refractivity contribution in [2.75, 3.05) is 6.54 Å². The van der Waals surface area contributed by atoms with Crippen molar-refractivity contribution in [1.82, 2.24) is 5.32 Å². The van der Waals surface area contributed by atoms with Crippen molar-refractivity contribution in [2.45, 2.75) is 225 Å². The van der Waals surface area contributed by atoms with Crippen molar-refractivity contribution in [3.8, 4) is 0 Å². The van der Waals surface area contributed by atoms with E-state index in [0.717, 1.165) is 77.0 Å². The lowest BCUT2D eigenvalue weighted by atomic mass is 10.0. The van der Waals surface area contributed by atoms with Crippen LogP contribution in [0.5, 0.6) is 0 Å². The number of allylic oxidation sites excluding steroid dienone is 7. The molecule has 0 aromatic heterocycles. The molecule has 0 aliphatic rings. The summed E-state index contributed by atoms with van der Waals surface area (Å²) in [6.07, 6.45) is 54.0. The predicted molar refractivity (Wildman–Crippen MR) is 226 cm³/mol. The van der Waals surface area contributed by atoms with Gasteiger partial charge in [0, 0.05) is 12.8 Å². The summed E-state index contributed by atoms with van der Waals surface area (Å²) in [6.45, 7) is 4.19. The SMILES string of the molecule is CCCCCC/C=C\C/C=C\C(CCCCCCCCC(=O)NCC(=O)O)OC(=O)CCCCCCCCCCC/C=C\C/C=C\CCCCCCC. The van der Waals surface area contributed by atoms with Crippen LogP contribution in [0.2, 0.25) is 0 Å². The standard InChI is InChI=1S/C47H83NO5/c1-3-5-7-9-11-13-14-15-16-17-18-19-20-21-22-23-24-26-28-34-38-42-47(52)53-44(39-35-31-27-25-12-10-8-6-4-2)40-36-32-29-30-33-37-41-45(49)48-43-46(50)51/h14-15,17-18,25,27,35,39,44H,3-13,16,19-24,26,28-34,36-38,40-43H2,1-2H3,(H,48,49)(H,50,51)/b15-14-,18-17-,27-25-,39-35-. The second-order valence-electron chi connectivity index (χ2n) is 14.9. The van der Waals surface area contributed by atoms with E-state index in [1.165, 1.54) is 116 Å². The van der Waals surface area contributed by atoms with Gasteiger partial charge in [0.25, 0.3) is 0 Å². The van der Waals surface area contributed by atoms with Crippen molar-refractivity contribution in [1.29, 1.82) is 0 Å². The Hall–Kier alpha value is -2.63. The lowest BCUT2D eigenvalue weighted by Crippen LogP contribution is -2.28. The average Bonchev–Trinajstić information content (AvgIpc) is 3.14. The Balaban J connectivity index is 4.09. The van der Waals surface area contributed by atoms with E-state index in [-0.39, 0.29) is 24.5 Å². The zero-order valence-electron chi connectivity index (χ0n) is 34.6. The van der Waals surface area contributed by atoms with Gasteiger partial charge in [0.1, 0.15) is 12.6 Å². The van der Waals surface area contributed by atoms with Crippen molar-refractivity contribution in [2.24, 2.45) is 0 Å². The molecule has 1 atom stereocenters. The van der Waals surface area contributed by atoms with E-state index in [0.29, 0.717) is 12.8 Å². The summed E-state index contributed by atoms with van der Waals surface area (Å²) in [7, 11) is 0. The van der Waals surface area contributed by atoms with Crippen LogP contribution in [-0.4, -0.2) is 35.6 Å². The van der Waals surface area contributed by atoms with Gasteiger partial charge in [-0.25, -0.2) is 0 Å². The molecular formula is C47H83NO5.